The van der Waals surface area contributed by atoms with Gasteiger partial charge in [-0.2, -0.15) is 8.78 Å². The van der Waals surface area contributed by atoms with E-state index >= 15 is 0 Å². The highest BCUT2D eigenvalue weighted by Gasteiger charge is 2.67. The summed E-state index contributed by atoms with van der Waals surface area (Å²) < 4.78 is 53.2. The van der Waals surface area contributed by atoms with E-state index in [1.165, 1.54) is 23.5 Å². The molecular weight excluding hydrogens is 653 g/mol. The van der Waals surface area contributed by atoms with Gasteiger partial charge in [0.1, 0.15) is 15.8 Å². The molecule has 0 heterocycles. The van der Waals surface area contributed by atoms with Gasteiger partial charge in [-0.25, -0.2) is 8.78 Å². The average Bonchev–Trinajstić information content (AvgIpc) is 3.46. The van der Waals surface area contributed by atoms with E-state index in [1.54, 1.807) is 24.3 Å². The Labute approximate surface area is 242 Å². The van der Waals surface area contributed by atoms with Crippen LogP contribution in [0.15, 0.2) is 59.1 Å². The Bertz CT molecular complexity index is 1470. The number of rotatable bonds is 7. The monoisotopic (exact) mass is 665 g/mol. The van der Waals surface area contributed by atoms with E-state index in [0.29, 0.717) is 6.07 Å². The molecule has 0 bridgehead atoms. The second-order valence-corrected chi connectivity index (χ2v) is 11.2. The molecule has 3 N–H and O–H groups in total. The van der Waals surface area contributed by atoms with Gasteiger partial charge in [-0.15, -0.1) is 23.2 Å². The first-order valence-corrected chi connectivity index (χ1v) is 12.9. The van der Waals surface area contributed by atoms with Crippen LogP contribution in [-0.4, -0.2) is 28.5 Å². The molecule has 4 rings (SSSR count). The van der Waals surface area contributed by atoms with E-state index in [2.05, 4.69) is 26.6 Å². The van der Waals surface area contributed by atoms with Crippen LogP contribution in [0.4, 0.5) is 34.6 Å². The maximum absolute atomic E-state index is 14.7. The molecule has 1 aliphatic carbocycles. The van der Waals surface area contributed by atoms with E-state index in [0.717, 1.165) is 16.1 Å². The predicted molar refractivity (Wildman–Crippen MR) is 144 cm³/mol. The fraction of sp³-hybridized carbons (Fsp3) is 0.160. The lowest BCUT2D eigenvalue weighted by Gasteiger charge is -2.13. The van der Waals surface area contributed by atoms with Gasteiger partial charge >= 0.3 is 6.43 Å². The van der Waals surface area contributed by atoms with Crippen LogP contribution in [0, 0.1) is 17.6 Å². The van der Waals surface area contributed by atoms with Crippen LogP contribution in [0.2, 0.25) is 5.02 Å². The van der Waals surface area contributed by atoms with E-state index in [-0.39, 0.29) is 16.3 Å². The summed E-state index contributed by atoms with van der Waals surface area (Å²) in [4.78, 5) is 37.0. The van der Waals surface area contributed by atoms with Gasteiger partial charge < -0.3 is 16.0 Å². The SMILES string of the molecule is O=C(Nc1ccc(F)c(NC(=O)C(F)F)c1F)c1cc(NC(=O)C2C(c3ccc(Br)cc3)C2(Cl)Cl)ccc1Cl. The van der Waals surface area contributed by atoms with Crippen LogP contribution in [0.3, 0.4) is 0 Å². The number of benzene rings is 3. The zero-order chi connectivity index (χ0) is 28.6. The van der Waals surface area contributed by atoms with E-state index < -0.39 is 63.3 Å². The highest BCUT2D eigenvalue weighted by atomic mass is 79.9. The van der Waals surface area contributed by atoms with E-state index in [9.17, 15) is 31.9 Å². The third-order valence-electron chi connectivity index (χ3n) is 5.83. The molecule has 0 aliphatic heterocycles. The highest BCUT2D eigenvalue weighted by molar-refractivity contribution is 9.10. The van der Waals surface area contributed by atoms with Crippen molar-refractivity contribution in [3.63, 3.8) is 0 Å². The van der Waals surface area contributed by atoms with Crippen molar-refractivity contribution in [2.45, 2.75) is 16.7 Å². The quantitative estimate of drug-likeness (QED) is 0.182. The summed E-state index contributed by atoms with van der Waals surface area (Å²) in [6.07, 6.45) is -3.53. The number of hydrogen-bond donors (Lipinski definition) is 3. The molecule has 204 valence electrons. The van der Waals surface area contributed by atoms with Gasteiger partial charge in [0.05, 0.1) is 22.2 Å². The molecule has 3 amide bonds. The summed E-state index contributed by atoms with van der Waals surface area (Å²) in [5.74, 6) is -7.54. The van der Waals surface area contributed by atoms with Crippen LogP contribution in [-0.2, 0) is 9.59 Å². The first kappa shape index (κ1) is 29.1. The van der Waals surface area contributed by atoms with Crippen LogP contribution in [0.25, 0.3) is 0 Å². The number of halogens is 8. The predicted octanol–water partition coefficient (Wildman–Crippen LogP) is 7.36. The molecule has 0 saturated heterocycles. The van der Waals surface area contributed by atoms with Gasteiger partial charge in [0.25, 0.3) is 11.8 Å². The Hall–Kier alpha value is -2.86. The number of nitrogens with one attached hydrogen (secondary N) is 3. The first-order valence-electron chi connectivity index (χ1n) is 10.9. The number of hydrogen-bond acceptors (Lipinski definition) is 3. The van der Waals surface area contributed by atoms with Gasteiger partial charge in [-0.1, -0.05) is 39.7 Å². The largest absolute Gasteiger partial charge is 0.326 e. The standard InChI is InChI=1S/C25H15BrCl3F4N3O3/c26-11-3-1-10(2-4-11)17-18(25(17,28)29)23(38)34-12-5-6-14(27)13(9-12)22(37)35-16-8-7-15(30)20(19(16)31)36-24(39)21(32)33/h1-9,17-18,21H,(H,34,38)(H,35,37)(H,36,39). The summed E-state index contributed by atoms with van der Waals surface area (Å²) in [5, 5.41) is 6.10. The Morgan fingerprint density at radius 1 is 0.923 bits per heavy atom. The first-order chi connectivity index (χ1) is 18.3. The van der Waals surface area contributed by atoms with Crippen LogP contribution >= 0.6 is 50.7 Å². The maximum Gasteiger partial charge on any atom is 0.315 e. The van der Waals surface area contributed by atoms with Gasteiger partial charge in [0.15, 0.2) is 5.82 Å². The van der Waals surface area contributed by atoms with Crippen molar-refractivity contribution in [1.82, 2.24) is 0 Å². The number of anilines is 3. The summed E-state index contributed by atoms with van der Waals surface area (Å²) in [5.41, 5.74) is -1.10. The molecule has 3 aromatic carbocycles. The Balaban J connectivity index is 1.51. The minimum atomic E-state index is -3.53. The fourth-order valence-corrected chi connectivity index (χ4v) is 5.16. The molecule has 1 aliphatic rings. The number of alkyl halides is 4. The van der Waals surface area contributed by atoms with Crippen molar-refractivity contribution in [3.05, 3.63) is 86.9 Å². The lowest BCUT2D eigenvalue weighted by Crippen LogP contribution is -2.22. The smallest absolute Gasteiger partial charge is 0.315 e. The third kappa shape index (κ3) is 6.16. The molecule has 3 aromatic rings. The van der Waals surface area contributed by atoms with Gasteiger partial charge in [0, 0.05) is 16.1 Å². The topological polar surface area (TPSA) is 87.3 Å². The molecule has 2 unspecified atom stereocenters. The van der Waals surface area contributed by atoms with E-state index in [4.69, 9.17) is 34.8 Å². The molecule has 0 radical (unpaired) electrons. The van der Waals surface area contributed by atoms with Crippen molar-refractivity contribution < 1.29 is 31.9 Å². The summed E-state index contributed by atoms with van der Waals surface area (Å²) in [7, 11) is 0. The molecule has 39 heavy (non-hydrogen) atoms. The fourth-order valence-electron chi connectivity index (χ4n) is 3.87. The summed E-state index contributed by atoms with van der Waals surface area (Å²) >= 11 is 22.2. The Morgan fingerprint density at radius 2 is 1.59 bits per heavy atom. The summed E-state index contributed by atoms with van der Waals surface area (Å²) in [6.45, 7) is 0. The molecular formula is C25H15BrCl3F4N3O3. The molecule has 14 heteroatoms. The third-order valence-corrected chi connectivity index (χ3v) is 7.63. The molecule has 6 nitrogen and oxygen atoms in total. The summed E-state index contributed by atoms with van der Waals surface area (Å²) in [6, 6.07) is 12.6. The number of carbonyl (C=O) groups is 3. The molecule has 1 fully saturated rings. The Kier molecular flexibility index (Phi) is 8.46. The zero-order valence-electron chi connectivity index (χ0n) is 19.2. The lowest BCUT2D eigenvalue weighted by atomic mass is 10.1. The second kappa shape index (κ2) is 11.3. The van der Waals surface area contributed by atoms with Crippen molar-refractivity contribution in [2.24, 2.45) is 5.92 Å². The van der Waals surface area contributed by atoms with Gasteiger partial charge in [-0.05, 0) is 48.0 Å². The lowest BCUT2D eigenvalue weighted by molar-refractivity contribution is -0.126. The maximum atomic E-state index is 14.7. The van der Waals surface area contributed by atoms with E-state index in [1.807, 2.05) is 0 Å². The van der Waals surface area contributed by atoms with Crippen molar-refractivity contribution >= 4 is 85.5 Å². The Morgan fingerprint density at radius 3 is 2.23 bits per heavy atom. The minimum Gasteiger partial charge on any atom is -0.326 e. The second-order valence-electron chi connectivity index (χ2n) is 8.39. The number of amides is 3. The van der Waals surface area contributed by atoms with Crippen molar-refractivity contribution in [2.75, 3.05) is 16.0 Å². The molecule has 0 spiro atoms. The van der Waals surface area contributed by atoms with Crippen molar-refractivity contribution in [1.29, 1.82) is 0 Å². The van der Waals surface area contributed by atoms with Crippen LogP contribution in [0.1, 0.15) is 21.8 Å². The number of carbonyl (C=O) groups excluding carboxylic acids is 3. The zero-order valence-corrected chi connectivity index (χ0v) is 23.0. The highest BCUT2D eigenvalue weighted by Crippen LogP contribution is 2.65. The van der Waals surface area contributed by atoms with Crippen LogP contribution < -0.4 is 16.0 Å². The molecule has 2 atom stereocenters. The average molecular weight is 668 g/mol. The molecule has 0 aromatic heterocycles. The molecule has 1 saturated carbocycles. The van der Waals surface area contributed by atoms with Gasteiger partial charge in [0.2, 0.25) is 5.91 Å². The van der Waals surface area contributed by atoms with Crippen LogP contribution in [0.5, 0.6) is 0 Å². The van der Waals surface area contributed by atoms with Gasteiger partial charge in [-0.3, -0.25) is 14.4 Å². The van der Waals surface area contributed by atoms with Crippen molar-refractivity contribution in [3.8, 4) is 0 Å². The normalized spacial score (nSPS) is 17.5. The minimum absolute atomic E-state index is 0.0811.